The molecule has 2 aromatic rings. The van der Waals surface area contributed by atoms with Crippen LogP contribution in [0.4, 0.5) is 0 Å². The van der Waals surface area contributed by atoms with Crippen molar-refractivity contribution in [1.82, 2.24) is 4.90 Å². The summed E-state index contributed by atoms with van der Waals surface area (Å²) >= 11 is 0. The number of hydrogen-bond donors (Lipinski definition) is 0. The Morgan fingerprint density at radius 1 is 0.900 bits per heavy atom. The SMILES string of the molecule is COc1ccc(CN(CCCC2(C#N)CCOCC2)Cc2ccc(OC)cc2)cc1. The molecule has 0 unspecified atom stereocenters. The predicted molar refractivity (Wildman–Crippen MR) is 117 cm³/mol. The quantitative estimate of drug-likeness (QED) is 0.565. The van der Waals surface area contributed by atoms with Gasteiger partial charge in [-0.3, -0.25) is 4.90 Å². The van der Waals surface area contributed by atoms with E-state index in [1.807, 2.05) is 24.3 Å². The molecule has 1 saturated heterocycles. The summed E-state index contributed by atoms with van der Waals surface area (Å²) in [5.41, 5.74) is 2.29. The maximum absolute atomic E-state index is 9.73. The normalized spacial score (nSPS) is 15.5. The Morgan fingerprint density at radius 2 is 1.40 bits per heavy atom. The zero-order chi connectivity index (χ0) is 21.2. The Labute approximate surface area is 180 Å². The van der Waals surface area contributed by atoms with Gasteiger partial charge in [0.1, 0.15) is 11.5 Å². The number of nitrogens with zero attached hydrogens (tertiary/aromatic N) is 2. The number of benzene rings is 2. The molecule has 0 amide bonds. The molecule has 0 saturated carbocycles. The first kappa shape index (κ1) is 22.1. The van der Waals surface area contributed by atoms with E-state index in [0.717, 1.165) is 56.8 Å². The van der Waals surface area contributed by atoms with Gasteiger partial charge in [0.25, 0.3) is 0 Å². The number of methoxy groups -OCH3 is 2. The van der Waals surface area contributed by atoms with Gasteiger partial charge >= 0.3 is 0 Å². The first-order valence-corrected chi connectivity index (χ1v) is 10.6. The number of rotatable bonds is 10. The van der Waals surface area contributed by atoms with Gasteiger partial charge in [-0.2, -0.15) is 5.26 Å². The lowest BCUT2D eigenvalue weighted by atomic mass is 9.78. The molecule has 0 N–H and O–H groups in total. The molecule has 1 aliphatic rings. The molecule has 0 radical (unpaired) electrons. The number of ether oxygens (including phenoxy) is 3. The molecular formula is C25H32N2O3. The number of nitriles is 1. The second kappa shape index (κ2) is 11.0. The van der Waals surface area contributed by atoms with E-state index in [0.29, 0.717) is 13.2 Å². The third kappa shape index (κ3) is 6.22. The van der Waals surface area contributed by atoms with Gasteiger partial charge < -0.3 is 14.2 Å². The fraction of sp³-hybridized carbons (Fsp3) is 0.480. The van der Waals surface area contributed by atoms with Crippen molar-refractivity contribution in [2.45, 2.75) is 38.8 Å². The van der Waals surface area contributed by atoms with E-state index in [1.165, 1.54) is 11.1 Å². The average molecular weight is 409 g/mol. The standard InChI is InChI=1S/C25H32N2O3/c1-28-23-8-4-21(5-9-23)18-27(19-22-6-10-24(29-2)11-7-22)15-3-12-25(20-26)13-16-30-17-14-25/h4-11H,3,12-19H2,1-2H3. The van der Waals surface area contributed by atoms with Gasteiger partial charge in [0.05, 0.1) is 25.7 Å². The largest absolute Gasteiger partial charge is 0.497 e. The fourth-order valence-corrected chi connectivity index (χ4v) is 4.01. The monoisotopic (exact) mass is 408 g/mol. The van der Waals surface area contributed by atoms with E-state index in [-0.39, 0.29) is 5.41 Å². The van der Waals surface area contributed by atoms with Gasteiger partial charge in [0.15, 0.2) is 0 Å². The Kier molecular flexibility index (Phi) is 8.12. The minimum absolute atomic E-state index is 0.218. The summed E-state index contributed by atoms with van der Waals surface area (Å²) in [6.45, 7) is 4.07. The summed E-state index contributed by atoms with van der Waals surface area (Å²) in [6.07, 6.45) is 3.62. The summed E-state index contributed by atoms with van der Waals surface area (Å²) in [6, 6.07) is 19.1. The van der Waals surface area contributed by atoms with Gasteiger partial charge in [0, 0.05) is 26.3 Å². The lowest BCUT2D eigenvalue weighted by Crippen LogP contribution is -2.30. The first-order valence-electron chi connectivity index (χ1n) is 10.6. The van der Waals surface area contributed by atoms with Crippen molar-refractivity contribution in [1.29, 1.82) is 5.26 Å². The average Bonchev–Trinajstić information content (AvgIpc) is 2.80. The van der Waals surface area contributed by atoms with Crippen molar-refractivity contribution in [3.8, 4) is 17.6 Å². The van der Waals surface area contributed by atoms with Gasteiger partial charge in [0.2, 0.25) is 0 Å². The van der Waals surface area contributed by atoms with Crippen LogP contribution < -0.4 is 9.47 Å². The van der Waals surface area contributed by atoms with Crippen molar-refractivity contribution in [3.05, 3.63) is 59.7 Å². The molecule has 30 heavy (non-hydrogen) atoms. The van der Waals surface area contributed by atoms with Crippen molar-refractivity contribution >= 4 is 0 Å². The Morgan fingerprint density at radius 3 is 1.83 bits per heavy atom. The van der Waals surface area contributed by atoms with E-state index >= 15 is 0 Å². The highest BCUT2D eigenvalue weighted by Gasteiger charge is 2.32. The van der Waals surface area contributed by atoms with Crippen LogP contribution in [0.3, 0.4) is 0 Å². The highest BCUT2D eigenvalue weighted by Crippen LogP contribution is 2.34. The highest BCUT2D eigenvalue weighted by molar-refractivity contribution is 5.28. The summed E-state index contributed by atoms with van der Waals surface area (Å²) < 4.78 is 16.0. The molecule has 5 nitrogen and oxygen atoms in total. The van der Waals surface area contributed by atoms with Crippen LogP contribution in [0.25, 0.3) is 0 Å². The van der Waals surface area contributed by atoms with Crippen LogP contribution in [-0.4, -0.2) is 38.9 Å². The van der Waals surface area contributed by atoms with Crippen molar-refractivity contribution in [2.24, 2.45) is 5.41 Å². The highest BCUT2D eigenvalue weighted by atomic mass is 16.5. The van der Waals surface area contributed by atoms with Gasteiger partial charge in [-0.15, -0.1) is 0 Å². The molecule has 1 aliphatic heterocycles. The zero-order valence-electron chi connectivity index (χ0n) is 18.1. The van der Waals surface area contributed by atoms with Gasteiger partial charge in [-0.1, -0.05) is 24.3 Å². The van der Waals surface area contributed by atoms with Crippen molar-refractivity contribution < 1.29 is 14.2 Å². The number of hydrogen-bond acceptors (Lipinski definition) is 5. The Bertz CT molecular complexity index is 756. The molecule has 1 fully saturated rings. The van der Waals surface area contributed by atoms with E-state index < -0.39 is 0 Å². The Hall–Kier alpha value is -2.55. The van der Waals surface area contributed by atoms with Crippen LogP contribution in [0, 0.1) is 16.7 Å². The summed E-state index contributed by atoms with van der Waals surface area (Å²) in [5, 5.41) is 9.73. The van der Waals surface area contributed by atoms with E-state index in [1.54, 1.807) is 14.2 Å². The smallest absolute Gasteiger partial charge is 0.118 e. The molecule has 3 rings (SSSR count). The van der Waals surface area contributed by atoms with E-state index in [9.17, 15) is 5.26 Å². The molecule has 0 atom stereocenters. The molecule has 0 spiro atoms. The molecule has 0 aromatic heterocycles. The third-order valence-electron chi connectivity index (χ3n) is 5.95. The first-order chi connectivity index (χ1) is 14.7. The van der Waals surface area contributed by atoms with Crippen LogP contribution in [0.2, 0.25) is 0 Å². The lowest BCUT2D eigenvalue weighted by molar-refractivity contribution is 0.0347. The predicted octanol–water partition coefficient (Wildman–Crippen LogP) is 4.81. The van der Waals surface area contributed by atoms with Gasteiger partial charge in [-0.05, 0) is 67.6 Å². The second-order valence-electron chi connectivity index (χ2n) is 8.01. The van der Waals surface area contributed by atoms with Gasteiger partial charge in [-0.25, -0.2) is 0 Å². The van der Waals surface area contributed by atoms with E-state index in [2.05, 4.69) is 35.2 Å². The molecule has 160 valence electrons. The van der Waals surface area contributed by atoms with Crippen LogP contribution in [0.5, 0.6) is 11.5 Å². The summed E-state index contributed by atoms with van der Waals surface area (Å²) in [5.74, 6) is 1.74. The molecule has 1 heterocycles. The topological polar surface area (TPSA) is 54.7 Å². The fourth-order valence-electron chi connectivity index (χ4n) is 4.01. The van der Waals surface area contributed by atoms with Crippen LogP contribution in [0.1, 0.15) is 36.8 Å². The third-order valence-corrected chi connectivity index (χ3v) is 5.95. The second-order valence-corrected chi connectivity index (χ2v) is 8.01. The molecule has 0 aliphatic carbocycles. The minimum Gasteiger partial charge on any atom is -0.497 e. The molecule has 5 heteroatoms. The Balaban J connectivity index is 1.64. The zero-order valence-corrected chi connectivity index (χ0v) is 18.1. The molecular weight excluding hydrogens is 376 g/mol. The summed E-state index contributed by atoms with van der Waals surface area (Å²) in [4.78, 5) is 2.45. The summed E-state index contributed by atoms with van der Waals surface area (Å²) in [7, 11) is 3.37. The lowest BCUT2D eigenvalue weighted by Gasteiger charge is -2.31. The maximum Gasteiger partial charge on any atom is 0.118 e. The maximum atomic E-state index is 9.73. The van der Waals surface area contributed by atoms with E-state index in [4.69, 9.17) is 14.2 Å². The van der Waals surface area contributed by atoms with Crippen molar-refractivity contribution in [3.63, 3.8) is 0 Å². The van der Waals surface area contributed by atoms with Crippen LogP contribution in [-0.2, 0) is 17.8 Å². The minimum atomic E-state index is -0.218. The molecule has 0 bridgehead atoms. The van der Waals surface area contributed by atoms with Crippen LogP contribution >= 0.6 is 0 Å². The van der Waals surface area contributed by atoms with Crippen LogP contribution in [0.15, 0.2) is 48.5 Å². The van der Waals surface area contributed by atoms with Crippen molar-refractivity contribution in [2.75, 3.05) is 34.0 Å². The molecule has 2 aromatic carbocycles.